The Morgan fingerprint density at radius 2 is 1.00 bits per heavy atom. The van der Waals surface area contributed by atoms with Crippen molar-refractivity contribution in [2.24, 2.45) is 4.99 Å². The van der Waals surface area contributed by atoms with Crippen LogP contribution in [0, 0.1) is 0 Å². The molecule has 36 heavy (non-hydrogen) atoms. The van der Waals surface area contributed by atoms with Crippen LogP contribution in [0.2, 0.25) is 0 Å². The molecule has 0 amide bonds. The molecular formula is C35H25N. The second-order valence-electron chi connectivity index (χ2n) is 9.51. The van der Waals surface area contributed by atoms with Gasteiger partial charge >= 0.3 is 0 Å². The normalized spacial score (nSPS) is 13.4. The van der Waals surface area contributed by atoms with Crippen LogP contribution in [0.4, 0.5) is 0 Å². The maximum Gasteiger partial charge on any atom is 0.0302 e. The molecule has 0 spiro atoms. The van der Waals surface area contributed by atoms with Crippen LogP contribution in [0.1, 0.15) is 18.4 Å². The highest BCUT2D eigenvalue weighted by Gasteiger charge is 2.17. The zero-order valence-electron chi connectivity index (χ0n) is 20.0. The van der Waals surface area contributed by atoms with E-state index in [1.807, 2.05) is 12.4 Å². The molecule has 0 saturated carbocycles. The summed E-state index contributed by atoms with van der Waals surface area (Å²) in [5.74, 6) is 0. The van der Waals surface area contributed by atoms with E-state index in [1.165, 1.54) is 65.7 Å². The van der Waals surface area contributed by atoms with E-state index < -0.39 is 0 Å². The standard InChI is InChI=1S/C35H25N/c1-2-9-27-22-28(20-17-24(27)8-1)35-32-13-5-3-11-30(32)34(31-12-4-6-14-33(31)35)26-18-15-25(16-19-26)29-10-7-21-36-23-29/h1-6,8-9,11-23H,7,10H2. The van der Waals surface area contributed by atoms with Crippen LogP contribution in [0.15, 0.2) is 126 Å². The van der Waals surface area contributed by atoms with Gasteiger partial charge in [-0.25, -0.2) is 0 Å². The number of allylic oxidation sites excluding steroid dienone is 1. The lowest BCUT2D eigenvalue weighted by molar-refractivity contribution is 1.10. The van der Waals surface area contributed by atoms with Gasteiger partial charge in [0.25, 0.3) is 0 Å². The maximum absolute atomic E-state index is 4.37. The number of nitrogens with zero attached hydrogens (tertiary/aromatic N) is 1. The lowest BCUT2D eigenvalue weighted by atomic mass is 9.85. The van der Waals surface area contributed by atoms with Crippen molar-refractivity contribution >= 4 is 44.1 Å². The molecule has 0 saturated heterocycles. The van der Waals surface area contributed by atoms with Crippen LogP contribution in [0.5, 0.6) is 0 Å². The van der Waals surface area contributed by atoms with Crippen molar-refractivity contribution < 1.29 is 0 Å². The van der Waals surface area contributed by atoms with Crippen molar-refractivity contribution in [2.75, 3.05) is 0 Å². The van der Waals surface area contributed by atoms with Crippen molar-refractivity contribution in [2.45, 2.75) is 12.8 Å². The summed E-state index contributed by atoms with van der Waals surface area (Å²) in [4.78, 5) is 4.37. The van der Waals surface area contributed by atoms with Crippen LogP contribution in [0.25, 0.3) is 60.1 Å². The number of hydrogen-bond acceptors (Lipinski definition) is 1. The van der Waals surface area contributed by atoms with E-state index in [4.69, 9.17) is 0 Å². The molecule has 0 bridgehead atoms. The van der Waals surface area contributed by atoms with E-state index in [0.717, 1.165) is 12.8 Å². The lowest BCUT2D eigenvalue weighted by Crippen LogP contribution is -1.92. The SMILES string of the molecule is C1=NC=C(c2ccc(-c3c4ccccc4c(-c4ccc5ccccc5c4)c4ccccc34)cc2)CC1. The fourth-order valence-electron chi connectivity index (χ4n) is 5.67. The molecular weight excluding hydrogens is 434 g/mol. The van der Waals surface area contributed by atoms with Gasteiger partial charge in [0.2, 0.25) is 0 Å². The predicted octanol–water partition coefficient (Wildman–Crippen LogP) is 9.69. The van der Waals surface area contributed by atoms with Gasteiger partial charge in [-0.2, -0.15) is 0 Å². The van der Waals surface area contributed by atoms with Gasteiger partial charge < -0.3 is 0 Å². The van der Waals surface area contributed by atoms with Crippen molar-refractivity contribution in [1.82, 2.24) is 0 Å². The van der Waals surface area contributed by atoms with Crippen LogP contribution >= 0.6 is 0 Å². The molecule has 0 atom stereocenters. The van der Waals surface area contributed by atoms with Gasteiger partial charge in [0.1, 0.15) is 0 Å². The van der Waals surface area contributed by atoms with Crippen molar-refractivity contribution in [3.8, 4) is 22.3 Å². The minimum absolute atomic E-state index is 1.01. The maximum atomic E-state index is 4.37. The Labute approximate surface area is 211 Å². The van der Waals surface area contributed by atoms with Crippen LogP contribution in [-0.4, -0.2) is 6.21 Å². The zero-order chi connectivity index (χ0) is 23.9. The fraction of sp³-hybridized carbons (Fsp3) is 0.0571. The topological polar surface area (TPSA) is 12.4 Å². The Kier molecular flexibility index (Phi) is 4.99. The summed E-state index contributed by atoms with van der Waals surface area (Å²) in [5, 5.41) is 7.68. The van der Waals surface area contributed by atoms with E-state index in [2.05, 4.69) is 120 Å². The Balaban J connectivity index is 1.49. The summed E-state index contributed by atoms with van der Waals surface area (Å²) in [7, 11) is 0. The third kappa shape index (κ3) is 3.44. The molecule has 0 aliphatic carbocycles. The first-order valence-electron chi connectivity index (χ1n) is 12.6. The van der Waals surface area contributed by atoms with Gasteiger partial charge in [-0.1, -0.05) is 109 Å². The molecule has 170 valence electrons. The summed E-state index contributed by atoms with van der Waals surface area (Å²) in [6, 6.07) is 42.2. The summed E-state index contributed by atoms with van der Waals surface area (Å²) in [6.45, 7) is 0. The van der Waals surface area contributed by atoms with E-state index in [0.29, 0.717) is 0 Å². The summed E-state index contributed by atoms with van der Waals surface area (Å²) in [6.07, 6.45) is 6.06. The van der Waals surface area contributed by atoms with Gasteiger partial charge in [-0.05, 0) is 84.6 Å². The minimum Gasteiger partial charge on any atom is -0.269 e. The molecule has 0 unspecified atom stereocenters. The van der Waals surface area contributed by atoms with E-state index in [1.54, 1.807) is 0 Å². The molecule has 6 aromatic rings. The molecule has 6 aromatic carbocycles. The molecule has 1 nitrogen and oxygen atoms in total. The Morgan fingerprint density at radius 3 is 1.61 bits per heavy atom. The fourth-order valence-corrected chi connectivity index (χ4v) is 5.67. The molecule has 7 rings (SSSR count). The highest BCUT2D eigenvalue weighted by molar-refractivity contribution is 6.21. The molecule has 0 radical (unpaired) electrons. The number of rotatable bonds is 3. The zero-order valence-corrected chi connectivity index (χ0v) is 20.0. The van der Waals surface area contributed by atoms with Gasteiger partial charge in [-0.3, -0.25) is 4.99 Å². The summed E-state index contributed by atoms with van der Waals surface area (Å²) < 4.78 is 0. The number of fused-ring (bicyclic) bond motifs is 3. The summed E-state index contributed by atoms with van der Waals surface area (Å²) >= 11 is 0. The number of benzene rings is 6. The Hall–Kier alpha value is -4.49. The molecule has 1 aliphatic rings. The van der Waals surface area contributed by atoms with Crippen LogP contribution in [-0.2, 0) is 0 Å². The number of aliphatic imine (C=N–C) groups is 1. The lowest BCUT2D eigenvalue weighted by Gasteiger charge is -2.18. The van der Waals surface area contributed by atoms with Crippen molar-refractivity contribution in [3.05, 3.63) is 127 Å². The molecule has 1 heteroatoms. The highest BCUT2D eigenvalue weighted by Crippen LogP contribution is 2.44. The molecule has 1 heterocycles. The summed E-state index contributed by atoms with van der Waals surface area (Å²) in [5.41, 5.74) is 7.68. The van der Waals surface area contributed by atoms with Crippen molar-refractivity contribution in [3.63, 3.8) is 0 Å². The molecule has 0 aromatic heterocycles. The molecule has 0 N–H and O–H groups in total. The quantitative estimate of drug-likeness (QED) is 0.234. The molecule has 1 aliphatic heterocycles. The third-order valence-electron chi connectivity index (χ3n) is 7.39. The predicted molar refractivity (Wildman–Crippen MR) is 156 cm³/mol. The monoisotopic (exact) mass is 459 g/mol. The van der Waals surface area contributed by atoms with Gasteiger partial charge in [0.05, 0.1) is 0 Å². The first kappa shape index (κ1) is 20.8. The van der Waals surface area contributed by atoms with E-state index in [9.17, 15) is 0 Å². The van der Waals surface area contributed by atoms with Gasteiger partial charge in [0, 0.05) is 12.4 Å². The largest absolute Gasteiger partial charge is 0.269 e. The second-order valence-corrected chi connectivity index (χ2v) is 9.51. The Bertz CT molecular complexity index is 1760. The smallest absolute Gasteiger partial charge is 0.0302 e. The third-order valence-corrected chi connectivity index (χ3v) is 7.39. The van der Waals surface area contributed by atoms with E-state index in [-0.39, 0.29) is 0 Å². The van der Waals surface area contributed by atoms with E-state index >= 15 is 0 Å². The van der Waals surface area contributed by atoms with Crippen LogP contribution in [0.3, 0.4) is 0 Å². The average Bonchev–Trinajstić information content (AvgIpc) is 2.96. The highest BCUT2D eigenvalue weighted by atomic mass is 14.7. The van der Waals surface area contributed by atoms with Gasteiger partial charge in [-0.15, -0.1) is 0 Å². The first-order valence-corrected chi connectivity index (χ1v) is 12.6. The van der Waals surface area contributed by atoms with Gasteiger partial charge in [0.15, 0.2) is 0 Å². The minimum atomic E-state index is 1.01. The number of hydrogen-bond donors (Lipinski definition) is 0. The average molecular weight is 460 g/mol. The van der Waals surface area contributed by atoms with Crippen LogP contribution < -0.4 is 0 Å². The van der Waals surface area contributed by atoms with Crippen molar-refractivity contribution in [1.29, 1.82) is 0 Å². The first-order chi connectivity index (χ1) is 17.9. The Morgan fingerprint density at radius 1 is 0.472 bits per heavy atom. The second kappa shape index (κ2) is 8.62. The molecule has 0 fully saturated rings.